The predicted molar refractivity (Wildman–Crippen MR) is 99.8 cm³/mol. The fraction of sp³-hybridized carbons (Fsp3) is 0.200. The van der Waals surface area contributed by atoms with Crippen molar-refractivity contribution in [3.8, 4) is 0 Å². The molecule has 2 aromatic rings. The van der Waals surface area contributed by atoms with E-state index in [2.05, 4.69) is 14.8 Å². The van der Waals surface area contributed by atoms with Crippen LogP contribution in [0.25, 0.3) is 0 Å². The largest absolute Gasteiger partial charge is 0.351 e. The maximum atomic E-state index is 14.0. The first-order chi connectivity index (χ1) is 11.3. The van der Waals surface area contributed by atoms with Crippen LogP contribution >= 0.6 is 22.6 Å². The monoisotopic (exact) mass is 467 g/mol. The van der Waals surface area contributed by atoms with Crippen molar-refractivity contribution in [1.82, 2.24) is 4.72 Å². The molecule has 0 atom stereocenters. The summed E-state index contributed by atoms with van der Waals surface area (Å²) in [4.78, 5) is 0. The Hall–Kier alpha value is -1.46. The summed E-state index contributed by atoms with van der Waals surface area (Å²) in [5, 5.41) is 2.76. The van der Waals surface area contributed by atoms with Crippen molar-refractivity contribution < 1.29 is 17.2 Å². The molecule has 24 heavy (non-hydrogen) atoms. The predicted octanol–water partition coefficient (Wildman–Crippen LogP) is 3.75. The smallest absolute Gasteiger partial charge is 0.298 e. The molecule has 2 rings (SSSR count). The molecule has 0 aromatic heterocycles. The molecule has 9 heteroatoms. The lowest BCUT2D eigenvalue weighted by Crippen LogP contribution is -2.27. The minimum absolute atomic E-state index is 0.118. The molecule has 0 saturated heterocycles. The highest BCUT2D eigenvalue weighted by Crippen LogP contribution is 2.32. The van der Waals surface area contributed by atoms with E-state index in [9.17, 15) is 17.2 Å². The zero-order valence-corrected chi connectivity index (χ0v) is 15.9. The van der Waals surface area contributed by atoms with Crippen LogP contribution in [0, 0.1) is 15.2 Å². The van der Waals surface area contributed by atoms with Crippen LogP contribution in [0.15, 0.2) is 30.3 Å². The van der Waals surface area contributed by atoms with Crippen molar-refractivity contribution in [3.05, 3.63) is 51.1 Å². The van der Waals surface area contributed by atoms with Crippen LogP contribution in [0.3, 0.4) is 0 Å². The van der Waals surface area contributed by atoms with Crippen molar-refractivity contribution >= 4 is 49.9 Å². The molecule has 0 aliphatic carbocycles. The normalized spacial score (nSPS) is 11.4. The molecule has 130 valence electrons. The maximum Gasteiger partial charge on any atom is 0.298 e. The van der Waals surface area contributed by atoms with E-state index in [4.69, 9.17) is 0 Å². The van der Waals surface area contributed by atoms with Crippen molar-refractivity contribution in [2.75, 3.05) is 17.1 Å². The van der Waals surface area contributed by atoms with Gasteiger partial charge in [0, 0.05) is 10.6 Å². The molecule has 0 bridgehead atoms. The molecule has 0 saturated carbocycles. The van der Waals surface area contributed by atoms with E-state index in [0.29, 0.717) is 15.6 Å². The van der Waals surface area contributed by atoms with E-state index >= 15 is 0 Å². The summed E-state index contributed by atoms with van der Waals surface area (Å²) in [6.45, 7) is 1.77. The topological polar surface area (TPSA) is 70.2 Å². The van der Waals surface area contributed by atoms with E-state index in [1.807, 2.05) is 22.6 Å². The van der Waals surface area contributed by atoms with Gasteiger partial charge in [-0.1, -0.05) is 6.92 Å². The number of nitrogens with one attached hydrogen (secondary N) is 3. The molecule has 3 N–H and O–H groups in total. The number of hydrogen-bond acceptors (Lipinski definition) is 3. The Morgan fingerprint density at radius 3 is 2.42 bits per heavy atom. The molecule has 0 spiro atoms. The zero-order valence-electron chi connectivity index (χ0n) is 13.0. The summed E-state index contributed by atoms with van der Waals surface area (Å²) in [5.41, 5.74) is 0.868. The summed E-state index contributed by atoms with van der Waals surface area (Å²) in [7, 11) is -2.55. The van der Waals surface area contributed by atoms with E-state index in [-0.39, 0.29) is 17.1 Å². The highest BCUT2D eigenvalue weighted by molar-refractivity contribution is 14.1. The molecule has 0 aliphatic rings. The minimum Gasteiger partial charge on any atom is -0.351 e. The second-order valence-electron chi connectivity index (χ2n) is 4.90. The average Bonchev–Trinajstić information content (AvgIpc) is 2.52. The van der Waals surface area contributed by atoms with Crippen LogP contribution in [0.1, 0.15) is 12.5 Å². The number of rotatable bonds is 6. The van der Waals surface area contributed by atoms with Gasteiger partial charge in [-0.25, -0.2) is 13.5 Å². The first kappa shape index (κ1) is 18.9. The summed E-state index contributed by atoms with van der Waals surface area (Å²) >= 11 is 1.97. The van der Waals surface area contributed by atoms with Crippen LogP contribution in [-0.4, -0.2) is 15.5 Å². The van der Waals surface area contributed by atoms with Gasteiger partial charge in [0.25, 0.3) is 10.2 Å². The van der Waals surface area contributed by atoms with Gasteiger partial charge in [0.2, 0.25) is 0 Å². The number of aryl methyl sites for hydroxylation is 1. The SMILES string of the molecule is CCc1cc(F)cc(Nc2ccc(I)cc2F)c1NS(=O)(=O)NC. The first-order valence-electron chi connectivity index (χ1n) is 7.01. The Labute approximate surface area is 153 Å². The van der Waals surface area contributed by atoms with Gasteiger partial charge in [-0.3, -0.25) is 4.72 Å². The summed E-state index contributed by atoms with van der Waals surface area (Å²) in [6, 6.07) is 6.86. The summed E-state index contributed by atoms with van der Waals surface area (Å²) in [5.74, 6) is -1.07. The molecule has 0 heterocycles. The van der Waals surface area contributed by atoms with Gasteiger partial charge < -0.3 is 5.32 Å². The third kappa shape index (κ3) is 4.54. The molecule has 0 fully saturated rings. The van der Waals surface area contributed by atoms with Crippen molar-refractivity contribution in [2.45, 2.75) is 13.3 Å². The lowest BCUT2D eigenvalue weighted by atomic mass is 10.1. The van der Waals surface area contributed by atoms with Gasteiger partial charge in [-0.05, 0) is 64.9 Å². The molecule has 0 aliphatic heterocycles. The highest BCUT2D eigenvalue weighted by atomic mass is 127. The second-order valence-corrected chi connectivity index (χ2v) is 7.76. The Kier molecular flexibility index (Phi) is 5.99. The second kappa shape index (κ2) is 7.62. The third-order valence-corrected chi connectivity index (χ3v) is 4.95. The lowest BCUT2D eigenvalue weighted by molar-refractivity contribution is 0.593. The maximum absolute atomic E-state index is 14.0. The van der Waals surface area contributed by atoms with E-state index in [1.165, 1.54) is 25.2 Å². The van der Waals surface area contributed by atoms with Crippen LogP contribution in [0.5, 0.6) is 0 Å². The van der Waals surface area contributed by atoms with Gasteiger partial charge in [0.1, 0.15) is 11.6 Å². The number of anilines is 3. The fourth-order valence-electron chi connectivity index (χ4n) is 2.08. The molecule has 0 unspecified atom stereocenters. The lowest BCUT2D eigenvalue weighted by Gasteiger charge is -2.18. The van der Waals surface area contributed by atoms with Gasteiger partial charge in [0.05, 0.1) is 17.1 Å². The molecular formula is C15H16F2IN3O2S. The van der Waals surface area contributed by atoms with Gasteiger partial charge in [0.15, 0.2) is 0 Å². The summed E-state index contributed by atoms with van der Waals surface area (Å²) in [6.07, 6.45) is 0.392. The quantitative estimate of drug-likeness (QED) is 0.567. The van der Waals surface area contributed by atoms with Gasteiger partial charge >= 0.3 is 0 Å². The minimum atomic E-state index is -3.81. The van der Waals surface area contributed by atoms with Crippen molar-refractivity contribution in [2.24, 2.45) is 0 Å². The van der Waals surface area contributed by atoms with E-state index < -0.39 is 21.8 Å². The first-order valence-corrected chi connectivity index (χ1v) is 9.57. The molecule has 2 aromatic carbocycles. The standard InChI is InChI=1S/C15H16F2IN3O2S/c1-3-9-6-10(16)7-14(15(9)21-24(22,23)19-2)20-13-5-4-11(18)8-12(13)17/h4-8,19-21H,3H2,1-2H3. The van der Waals surface area contributed by atoms with Crippen molar-refractivity contribution in [1.29, 1.82) is 0 Å². The number of hydrogen-bond donors (Lipinski definition) is 3. The highest BCUT2D eigenvalue weighted by Gasteiger charge is 2.17. The number of halogens is 3. The molecular weight excluding hydrogens is 451 g/mol. The van der Waals surface area contributed by atoms with Gasteiger partial charge in [-0.15, -0.1) is 0 Å². The van der Waals surface area contributed by atoms with E-state index in [1.54, 1.807) is 13.0 Å². The Morgan fingerprint density at radius 1 is 1.12 bits per heavy atom. The Balaban J connectivity index is 2.53. The van der Waals surface area contributed by atoms with Crippen LogP contribution < -0.4 is 14.8 Å². The van der Waals surface area contributed by atoms with Crippen LogP contribution in [0.4, 0.5) is 25.8 Å². The van der Waals surface area contributed by atoms with Crippen LogP contribution in [-0.2, 0) is 16.6 Å². The third-order valence-electron chi connectivity index (χ3n) is 3.27. The number of benzene rings is 2. The van der Waals surface area contributed by atoms with Gasteiger partial charge in [-0.2, -0.15) is 8.42 Å². The molecule has 5 nitrogen and oxygen atoms in total. The molecule has 0 amide bonds. The summed E-state index contributed by atoms with van der Waals surface area (Å²) < 4.78 is 56.7. The van der Waals surface area contributed by atoms with E-state index in [0.717, 1.165) is 6.07 Å². The average molecular weight is 467 g/mol. The fourth-order valence-corrected chi connectivity index (χ4v) is 3.15. The Morgan fingerprint density at radius 2 is 1.83 bits per heavy atom. The van der Waals surface area contributed by atoms with Crippen LogP contribution in [0.2, 0.25) is 0 Å². The zero-order chi connectivity index (χ0) is 17.9. The Bertz CT molecular complexity index is 860. The van der Waals surface area contributed by atoms with Crippen molar-refractivity contribution in [3.63, 3.8) is 0 Å². The molecule has 0 radical (unpaired) electrons.